The second kappa shape index (κ2) is 7.40. The van der Waals surface area contributed by atoms with E-state index >= 15 is 0 Å². The van der Waals surface area contributed by atoms with E-state index in [9.17, 15) is 8.42 Å². The maximum Gasteiger partial charge on any atom is 0.241 e. The van der Waals surface area contributed by atoms with Crippen molar-refractivity contribution in [2.24, 2.45) is 5.73 Å². The van der Waals surface area contributed by atoms with Gasteiger partial charge in [0, 0.05) is 18.7 Å². The van der Waals surface area contributed by atoms with Crippen molar-refractivity contribution < 1.29 is 8.42 Å². The van der Waals surface area contributed by atoms with E-state index in [0.29, 0.717) is 5.56 Å². The largest absolute Gasteiger partial charge is 0.329 e. The van der Waals surface area contributed by atoms with E-state index in [-0.39, 0.29) is 30.4 Å². The minimum absolute atomic E-state index is 0. The Kier molecular flexibility index (Phi) is 6.16. The van der Waals surface area contributed by atoms with E-state index in [4.69, 9.17) is 5.73 Å². The lowest BCUT2D eigenvalue weighted by Crippen LogP contribution is -2.29. The molecular weight excluding hydrogens is 296 g/mol. The summed E-state index contributed by atoms with van der Waals surface area (Å²) in [5.41, 5.74) is 6.90. The smallest absolute Gasteiger partial charge is 0.241 e. The number of benzene rings is 2. The van der Waals surface area contributed by atoms with Crippen LogP contribution in [0.1, 0.15) is 0 Å². The Bertz CT molecular complexity index is 645. The molecule has 2 aromatic rings. The second-order valence-electron chi connectivity index (χ2n) is 4.05. The zero-order valence-corrected chi connectivity index (χ0v) is 12.5. The van der Waals surface area contributed by atoms with E-state index in [2.05, 4.69) is 4.72 Å². The summed E-state index contributed by atoms with van der Waals surface area (Å²) in [5.74, 6) is 0. The SMILES string of the molecule is Cl.NCCNS(=O)(=O)c1ccccc1-c1ccccc1. The van der Waals surface area contributed by atoms with Gasteiger partial charge in [-0.15, -0.1) is 12.4 Å². The Morgan fingerprint density at radius 3 is 2.20 bits per heavy atom. The summed E-state index contributed by atoms with van der Waals surface area (Å²) in [4.78, 5) is 0.273. The molecule has 0 saturated carbocycles. The molecule has 4 nitrogen and oxygen atoms in total. The zero-order chi connectivity index (χ0) is 13.7. The maximum absolute atomic E-state index is 12.2. The second-order valence-corrected chi connectivity index (χ2v) is 5.78. The van der Waals surface area contributed by atoms with Gasteiger partial charge in [-0.3, -0.25) is 0 Å². The number of hydrogen-bond acceptors (Lipinski definition) is 3. The molecule has 0 radical (unpaired) electrons. The van der Waals surface area contributed by atoms with Crippen LogP contribution in [-0.4, -0.2) is 21.5 Å². The van der Waals surface area contributed by atoms with E-state index in [0.717, 1.165) is 5.56 Å². The van der Waals surface area contributed by atoms with Crippen molar-refractivity contribution in [1.29, 1.82) is 0 Å². The molecule has 108 valence electrons. The van der Waals surface area contributed by atoms with Gasteiger partial charge in [0.25, 0.3) is 0 Å². The number of sulfonamides is 1. The van der Waals surface area contributed by atoms with Gasteiger partial charge in [-0.05, 0) is 11.6 Å². The Morgan fingerprint density at radius 1 is 0.950 bits per heavy atom. The molecule has 0 atom stereocenters. The lowest BCUT2D eigenvalue weighted by molar-refractivity contribution is 0.582. The van der Waals surface area contributed by atoms with Crippen molar-refractivity contribution in [2.45, 2.75) is 4.90 Å². The molecule has 0 amide bonds. The van der Waals surface area contributed by atoms with Crippen LogP contribution < -0.4 is 10.5 Å². The molecule has 0 aliphatic carbocycles. The van der Waals surface area contributed by atoms with Gasteiger partial charge in [0.15, 0.2) is 0 Å². The average molecular weight is 313 g/mol. The number of rotatable bonds is 5. The molecule has 20 heavy (non-hydrogen) atoms. The fourth-order valence-electron chi connectivity index (χ4n) is 1.83. The normalized spacial score (nSPS) is 10.8. The molecule has 0 bridgehead atoms. The van der Waals surface area contributed by atoms with Crippen LogP contribution in [0.3, 0.4) is 0 Å². The molecule has 0 unspecified atom stereocenters. The van der Waals surface area contributed by atoms with Crippen molar-refractivity contribution in [3.63, 3.8) is 0 Å². The van der Waals surface area contributed by atoms with Crippen molar-refractivity contribution in [3.05, 3.63) is 54.6 Å². The van der Waals surface area contributed by atoms with Crippen molar-refractivity contribution in [3.8, 4) is 11.1 Å². The quantitative estimate of drug-likeness (QED) is 0.887. The first-order valence-corrected chi connectivity index (χ1v) is 7.47. The molecule has 0 aromatic heterocycles. The number of nitrogens with one attached hydrogen (secondary N) is 1. The first-order chi connectivity index (χ1) is 9.15. The molecule has 0 aliphatic heterocycles. The van der Waals surface area contributed by atoms with E-state index < -0.39 is 10.0 Å². The number of hydrogen-bond donors (Lipinski definition) is 2. The van der Waals surface area contributed by atoms with Gasteiger partial charge in [0.05, 0.1) is 4.90 Å². The maximum atomic E-state index is 12.2. The van der Waals surface area contributed by atoms with Gasteiger partial charge in [-0.25, -0.2) is 13.1 Å². The van der Waals surface area contributed by atoms with Gasteiger partial charge in [-0.2, -0.15) is 0 Å². The predicted molar refractivity (Wildman–Crippen MR) is 83.4 cm³/mol. The molecule has 2 aromatic carbocycles. The molecule has 6 heteroatoms. The highest BCUT2D eigenvalue weighted by Crippen LogP contribution is 2.26. The highest BCUT2D eigenvalue weighted by Gasteiger charge is 2.17. The third kappa shape index (κ3) is 3.80. The molecule has 0 aliphatic rings. The summed E-state index contributed by atoms with van der Waals surface area (Å²) in [7, 11) is -3.53. The molecular formula is C14H17ClN2O2S. The Labute approximate surface area is 125 Å². The van der Waals surface area contributed by atoms with Gasteiger partial charge in [-0.1, -0.05) is 48.5 Å². The van der Waals surface area contributed by atoms with E-state index in [1.54, 1.807) is 18.2 Å². The summed E-state index contributed by atoms with van der Waals surface area (Å²) in [6, 6.07) is 16.4. The van der Waals surface area contributed by atoms with E-state index in [1.807, 2.05) is 36.4 Å². The van der Waals surface area contributed by atoms with Crippen LogP contribution in [0.15, 0.2) is 59.5 Å². The average Bonchev–Trinajstić information content (AvgIpc) is 2.46. The summed E-state index contributed by atoms with van der Waals surface area (Å²) in [6.07, 6.45) is 0. The molecule has 3 N–H and O–H groups in total. The predicted octanol–water partition coefficient (Wildman–Crippen LogP) is 2.01. The first kappa shape index (κ1) is 16.7. The molecule has 0 saturated heterocycles. The van der Waals surface area contributed by atoms with Gasteiger partial charge >= 0.3 is 0 Å². The third-order valence-electron chi connectivity index (χ3n) is 2.70. The standard InChI is InChI=1S/C14H16N2O2S.ClH/c15-10-11-16-19(17,18)14-9-5-4-8-13(14)12-6-2-1-3-7-12;/h1-9,16H,10-11,15H2;1H. The van der Waals surface area contributed by atoms with E-state index in [1.165, 1.54) is 0 Å². The third-order valence-corrected chi connectivity index (χ3v) is 4.22. The van der Waals surface area contributed by atoms with Gasteiger partial charge in [0.2, 0.25) is 10.0 Å². The monoisotopic (exact) mass is 312 g/mol. The van der Waals surface area contributed by atoms with Crippen LogP contribution in [0.5, 0.6) is 0 Å². The Morgan fingerprint density at radius 2 is 1.55 bits per heavy atom. The first-order valence-electron chi connectivity index (χ1n) is 5.99. The van der Waals surface area contributed by atoms with Crippen molar-refractivity contribution >= 4 is 22.4 Å². The summed E-state index contributed by atoms with van der Waals surface area (Å²) in [6.45, 7) is 0.498. The lowest BCUT2D eigenvalue weighted by Gasteiger charge is -2.11. The van der Waals surface area contributed by atoms with Crippen LogP contribution >= 0.6 is 12.4 Å². The van der Waals surface area contributed by atoms with Crippen LogP contribution in [0, 0.1) is 0 Å². The lowest BCUT2D eigenvalue weighted by atomic mass is 10.1. The van der Waals surface area contributed by atoms with Gasteiger partial charge in [0.1, 0.15) is 0 Å². The molecule has 0 spiro atoms. The van der Waals surface area contributed by atoms with Crippen molar-refractivity contribution in [1.82, 2.24) is 4.72 Å². The van der Waals surface area contributed by atoms with Crippen LogP contribution in [0.25, 0.3) is 11.1 Å². The highest BCUT2D eigenvalue weighted by molar-refractivity contribution is 7.89. The summed E-state index contributed by atoms with van der Waals surface area (Å²) >= 11 is 0. The van der Waals surface area contributed by atoms with Crippen LogP contribution in [-0.2, 0) is 10.0 Å². The minimum atomic E-state index is -3.53. The fraction of sp³-hybridized carbons (Fsp3) is 0.143. The van der Waals surface area contributed by atoms with Crippen LogP contribution in [0.2, 0.25) is 0 Å². The Hall–Kier alpha value is -1.40. The topological polar surface area (TPSA) is 72.2 Å². The number of nitrogens with two attached hydrogens (primary N) is 1. The molecule has 0 fully saturated rings. The molecule has 0 heterocycles. The Balaban J connectivity index is 0.00000200. The summed E-state index contributed by atoms with van der Waals surface area (Å²) in [5, 5.41) is 0. The number of halogens is 1. The van der Waals surface area contributed by atoms with Crippen molar-refractivity contribution in [2.75, 3.05) is 13.1 Å². The minimum Gasteiger partial charge on any atom is -0.329 e. The van der Waals surface area contributed by atoms with Gasteiger partial charge < -0.3 is 5.73 Å². The highest BCUT2D eigenvalue weighted by atomic mass is 35.5. The zero-order valence-electron chi connectivity index (χ0n) is 10.8. The van der Waals surface area contributed by atoms with Crippen LogP contribution in [0.4, 0.5) is 0 Å². The molecule has 2 rings (SSSR count). The summed E-state index contributed by atoms with van der Waals surface area (Å²) < 4.78 is 26.9. The fourth-order valence-corrected chi connectivity index (χ4v) is 3.10.